The normalized spacial score (nSPS) is 11.8. The Morgan fingerprint density at radius 2 is 1.77 bits per heavy atom. The van der Waals surface area contributed by atoms with Gasteiger partial charge in [0.15, 0.2) is 11.7 Å². The third-order valence-electron chi connectivity index (χ3n) is 4.20. The van der Waals surface area contributed by atoms with E-state index < -0.39 is 5.92 Å². The number of ketones is 1. The van der Waals surface area contributed by atoms with Crippen molar-refractivity contribution < 1.29 is 4.79 Å². The summed E-state index contributed by atoms with van der Waals surface area (Å²) in [5, 5.41) is 9.57. The van der Waals surface area contributed by atoms with Crippen molar-refractivity contribution in [3.8, 4) is 17.2 Å². The predicted molar refractivity (Wildman–Crippen MR) is 98.5 cm³/mol. The number of carbonyl (C=O) groups excluding carboxylic acids is 1. The summed E-state index contributed by atoms with van der Waals surface area (Å²) < 4.78 is 0. The van der Waals surface area contributed by atoms with Gasteiger partial charge in [0.05, 0.1) is 17.1 Å². The van der Waals surface area contributed by atoms with E-state index >= 15 is 0 Å². The van der Waals surface area contributed by atoms with Crippen LogP contribution in [0.1, 0.15) is 22.1 Å². The molecule has 0 spiro atoms. The third kappa shape index (κ3) is 2.85. The molecule has 1 atom stereocenters. The number of aromatic nitrogens is 3. The van der Waals surface area contributed by atoms with Crippen LogP contribution >= 0.6 is 0 Å². The van der Waals surface area contributed by atoms with Crippen LogP contribution in [0.15, 0.2) is 73.1 Å². The van der Waals surface area contributed by atoms with Gasteiger partial charge in [-0.3, -0.25) is 9.78 Å². The van der Waals surface area contributed by atoms with Crippen LogP contribution in [0.2, 0.25) is 0 Å². The van der Waals surface area contributed by atoms with Crippen LogP contribution in [-0.2, 0) is 0 Å². The molecule has 124 valence electrons. The maximum absolute atomic E-state index is 12.9. The zero-order chi connectivity index (χ0) is 17.9. The van der Waals surface area contributed by atoms with Gasteiger partial charge in [0.25, 0.3) is 0 Å². The van der Waals surface area contributed by atoms with Crippen molar-refractivity contribution in [2.75, 3.05) is 0 Å². The summed E-state index contributed by atoms with van der Waals surface area (Å²) in [5.74, 6) is -0.976. The lowest BCUT2D eigenvalue weighted by Gasteiger charge is -2.07. The van der Waals surface area contributed by atoms with E-state index in [2.05, 4.69) is 21.0 Å². The summed E-state index contributed by atoms with van der Waals surface area (Å²) in [6.45, 7) is 0. The molecule has 5 heteroatoms. The van der Waals surface area contributed by atoms with E-state index in [4.69, 9.17) is 0 Å². The molecule has 0 radical (unpaired) electrons. The summed E-state index contributed by atoms with van der Waals surface area (Å²) in [6.07, 6.45) is 3.19. The number of nitriles is 1. The lowest BCUT2D eigenvalue weighted by Crippen LogP contribution is -2.13. The minimum atomic E-state index is -1.00. The molecule has 5 nitrogen and oxygen atoms in total. The number of nitrogens with one attached hydrogen (secondary N) is 1. The van der Waals surface area contributed by atoms with Gasteiger partial charge in [-0.1, -0.05) is 42.5 Å². The van der Waals surface area contributed by atoms with E-state index in [0.29, 0.717) is 11.4 Å². The van der Waals surface area contributed by atoms with Gasteiger partial charge in [0, 0.05) is 23.5 Å². The largest absolute Gasteiger partial charge is 0.340 e. The van der Waals surface area contributed by atoms with E-state index in [1.807, 2.05) is 54.6 Å². The second-order valence-corrected chi connectivity index (χ2v) is 5.89. The van der Waals surface area contributed by atoms with Crippen LogP contribution in [0, 0.1) is 11.3 Å². The molecule has 2 aromatic carbocycles. The fraction of sp³-hybridized carbons (Fsp3) is 0.0476. The Hall–Kier alpha value is -3.78. The van der Waals surface area contributed by atoms with Crippen molar-refractivity contribution in [1.29, 1.82) is 5.26 Å². The van der Waals surface area contributed by atoms with Crippen molar-refractivity contribution >= 4 is 16.8 Å². The molecule has 0 unspecified atom stereocenters. The molecular formula is C21H14N4O. The van der Waals surface area contributed by atoms with Crippen LogP contribution in [0.4, 0.5) is 0 Å². The molecule has 4 rings (SSSR count). The highest BCUT2D eigenvalue weighted by Crippen LogP contribution is 2.24. The standard InChI is InChI=1S/C21H14N4O/c22-11-17(21-24-18-8-4-5-9-19(18)25-21)20(26)16-10-15(12-23-13-16)14-6-2-1-3-7-14/h1-10,12-13,17H,(H,24,25)/t17-/m1/s1. The molecule has 0 saturated carbocycles. The lowest BCUT2D eigenvalue weighted by molar-refractivity contribution is 0.0976. The van der Waals surface area contributed by atoms with Gasteiger partial charge < -0.3 is 4.98 Å². The lowest BCUT2D eigenvalue weighted by atomic mass is 9.97. The average molecular weight is 338 g/mol. The fourth-order valence-corrected chi connectivity index (χ4v) is 2.88. The van der Waals surface area contributed by atoms with Gasteiger partial charge >= 0.3 is 0 Å². The molecule has 2 aromatic heterocycles. The molecule has 2 heterocycles. The number of carbonyl (C=O) groups is 1. The Labute approximate surface area is 150 Å². The second-order valence-electron chi connectivity index (χ2n) is 5.89. The van der Waals surface area contributed by atoms with E-state index in [9.17, 15) is 10.1 Å². The summed E-state index contributed by atoms with van der Waals surface area (Å²) >= 11 is 0. The molecule has 0 amide bonds. The number of fused-ring (bicyclic) bond motifs is 1. The number of imidazole rings is 1. The van der Waals surface area contributed by atoms with Crippen LogP contribution < -0.4 is 0 Å². The maximum Gasteiger partial charge on any atom is 0.189 e. The Morgan fingerprint density at radius 1 is 1.00 bits per heavy atom. The molecule has 0 bridgehead atoms. The summed E-state index contributed by atoms with van der Waals surface area (Å²) in [6, 6.07) is 21.0. The molecule has 0 fully saturated rings. The second kappa shape index (κ2) is 6.61. The highest BCUT2D eigenvalue weighted by molar-refractivity contribution is 6.03. The van der Waals surface area contributed by atoms with Gasteiger partial charge in [-0.2, -0.15) is 5.26 Å². The zero-order valence-electron chi connectivity index (χ0n) is 13.8. The quantitative estimate of drug-likeness (QED) is 0.568. The van der Waals surface area contributed by atoms with Crippen LogP contribution in [0.5, 0.6) is 0 Å². The highest BCUT2D eigenvalue weighted by atomic mass is 16.1. The summed E-state index contributed by atoms with van der Waals surface area (Å²) in [4.78, 5) is 24.5. The van der Waals surface area contributed by atoms with Gasteiger partial charge in [-0.05, 0) is 23.8 Å². The minimum absolute atomic E-state index is 0.322. The Balaban J connectivity index is 1.71. The van der Waals surface area contributed by atoms with Crippen molar-refractivity contribution in [1.82, 2.24) is 15.0 Å². The zero-order valence-corrected chi connectivity index (χ0v) is 13.8. The fourth-order valence-electron chi connectivity index (χ4n) is 2.88. The number of pyridine rings is 1. The van der Waals surface area contributed by atoms with Crippen molar-refractivity contribution in [2.45, 2.75) is 5.92 Å². The number of rotatable bonds is 4. The van der Waals surface area contributed by atoms with Crippen LogP contribution in [0.25, 0.3) is 22.2 Å². The third-order valence-corrected chi connectivity index (χ3v) is 4.20. The Kier molecular flexibility index (Phi) is 4.00. The first-order valence-corrected chi connectivity index (χ1v) is 8.15. The SMILES string of the molecule is N#C[C@H](C(=O)c1cncc(-c2ccccc2)c1)c1nc2ccccc2[nH]1. The predicted octanol–water partition coefficient (Wildman–Crippen LogP) is 4.11. The van der Waals surface area contributed by atoms with E-state index in [1.54, 1.807) is 12.3 Å². The molecular weight excluding hydrogens is 324 g/mol. The minimum Gasteiger partial charge on any atom is -0.340 e. The van der Waals surface area contributed by atoms with E-state index in [0.717, 1.165) is 22.2 Å². The summed E-state index contributed by atoms with van der Waals surface area (Å²) in [7, 11) is 0. The van der Waals surface area contributed by atoms with Crippen molar-refractivity contribution in [3.63, 3.8) is 0 Å². The highest BCUT2D eigenvalue weighted by Gasteiger charge is 2.25. The monoisotopic (exact) mass is 338 g/mol. The smallest absolute Gasteiger partial charge is 0.189 e. The van der Waals surface area contributed by atoms with Crippen molar-refractivity contribution in [2.24, 2.45) is 0 Å². The maximum atomic E-state index is 12.9. The van der Waals surface area contributed by atoms with Crippen LogP contribution in [0.3, 0.4) is 0 Å². The molecule has 0 aliphatic carbocycles. The van der Waals surface area contributed by atoms with Crippen molar-refractivity contribution in [3.05, 3.63) is 84.4 Å². The van der Waals surface area contributed by atoms with E-state index in [1.165, 1.54) is 6.20 Å². The number of para-hydroxylation sites is 2. The molecule has 1 N–H and O–H groups in total. The van der Waals surface area contributed by atoms with Gasteiger partial charge in [0.2, 0.25) is 0 Å². The number of nitrogens with zero attached hydrogens (tertiary/aromatic N) is 3. The first kappa shape index (κ1) is 15.7. The van der Waals surface area contributed by atoms with Gasteiger partial charge in [0.1, 0.15) is 5.82 Å². The number of hydrogen-bond donors (Lipinski definition) is 1. The van der Waals surface area contributed by atoms with Crippen LogP contribution in [-0.4, -0.2) is 20.7 Å². The van der Waals surface area contributed by atoms with Gasteiger partial charge in [-0.25, -0.2) is 4.98 Å². The van der Waals surface area contributed by atoms with Gasteiger partial charge in [-0.15, -0.1) is 0 Å². The number of hydrogen-bond acceptors (Lipinski definition) is 4. The molecule has 26 heavy (non-hydrogen) atoms. The van der Waals surface area contributed by atoms with E-state index in [-0.39, 0.29) is 5.78 Å². The first-order chi connectivity index (χ1) is 12.8. The summed E-state index contributed by atoms with van der Waals surface area (Å²) in [5.41, 5.74) is 3.71. The topological polar surface area (TPSA) is 82.4 Å². The molecule has 0 saturated heterocycles. The molecule has 0 aliphatic rings. The number of benzene rings is 2. The average Bonchev–Trinajstić information content (AvgIpc) is 3.13. The number of H-pyrrole nitrogens is 1. The number of aromatic amines is 1. The molecule has 0 aliphatic heterocycles. The first-order valence-electron chi connectivity index (χ1n) is 8.15. The molecule has 4 aromatic rings. The number of Topliss-reactive ketones (excluding diaryl/α,β-unsaturated/α-hetero) is 1. The Morgan fingerprint density at radius 3 is 2.54 bits per heavy atom. The Bertz CT molecular complexity index is 1090.